The maximum atomic E-state index is 10.3. The zero-order valence-corrected chi connectivity index (χ0v) is 25.9. The highest BCUT2D eigenvalue weighted by Crippen LogP contribution is 2.42. The molecule has 1 aromatic rings. The number of allylic oxidation sites excluding steroid dienone is 5. The van der Waals surface area contributed by atoms with Crippen molar-refractivity contribution in [2.24, 2.45) is 11.3 Å². The minimum absolute atomic E-state index is 0.0417. The van der Waals surface area contributed by atoms with E-state index in [0.29, 0.717) is 6.61 Å². The molecule has 224 valence electrons. The van der Waals surface area contributed by atoms with E-state index in [1.165, 1.54) is 5.56 Å². The molecule has 40 heavy (non-hydrogen) atoms. The van der Waals surface area contributed by atoms with Crippen molar-refractivity contribution in [2.75, 3.05) is 33.9 Å². The third kappa shape index (κ3) is 11.6. The molecule has 4 N–H and O–H groups in total. The predicted octanol–water partition coefficient (Wildman–Crippen LogP) is 5.40. The Hall–Kier alpha value is -3.05. The maximum Gasteiger partial charge on any atom is 0.317 e. The summed E-state index contributed by atoms with van der Waals surface area (Å²) in [5.74, 6) is 3.67. The maximum absolute atomic E-state index is 10.3. The highest BCUT2D eigenvalue weighted by molar-refractivity contribution is 5.68. The molecule has 1 heterocycles. The molecule has 0 amide bonds. The molecule has 0 aliphatic carbocycles. The van der Waals surface area contributed by atoms with E-state index < -0.39 is 12.1 Å². The van der Waals surface area contributed by atoms with Crippen LogP contribution >= 0.6 is 0 Å². The highest BCUT2D eigenvalue weighted by Gasteiger charge is 2.35. The van der Waals surface area contributed by atoms with E-state index in [4.69, 9.17) is 26.1 Å². The second kappa shape index (κ2) is 18.3. The number of benzene rings is 1. The van der Waals surface area contributed by atoms with Gasteiger partial charge in [-0.3, -0.25) is 4.79 Å². The number of nitrogens with one attached hydrogen (secondary N) is 1. The SMILES string of the molecule is C#CC1/C=C(C)\C=C/CO/C(C(CC)(CC)c2ccc(OCC(O)C(C)(C)C)c(C)c2)=C\1.CNCC(=O)O.CO. The number of rotatable bonds is 9. The summed E-state index contributed by atoms with van der Waals surface area (Å²) < 4.78 is 12.3. The van der Waals surface area contributed by atoms with Gasteiger partial charge in [-0.1, -0.05) is 70.4 Å². The zero-order valence-electron chi connectivity index (χ0n) is 25.9. The fourth-order valence-corrected chi connectivity index (χ4v) is 4.19. The second-order valence-corrected chi connectivity index (χ2v) is 10.7. The van der Waals surface area contributed by atoms with Crippen LogP contribution in [0.5, 0.6) is 5.75 Å². The lowest BCUT2D eigenvalue weighted by molar-refractivity contribution is -0.135. The van der Waals surface area contributed by atoms with Crippen molar-refractivity contribution < 1.29 is 29.6 Å². The molecule has 1 aliphatic rings. The number of ether oxygens (including phenoxy) is 2. The summed E-state index contributed by atoms with van der Waals surface area (Å²) in [6, 6.07) is 6.32. The molecule has 2 rings (SSSR count). The highest BCUT2D eigenvalue weighted by atomic mass is 16.5. The van der Waals surface area contributed by atoms with Crippen molar-refractivity contribution in [3.63, 3.8) is 0 Å². The molecule has 0 spiro atoms. The summed E-state index contributed by atoms with van der Waals surface area (Å²) in [6.07, 6.45) is 15.4. The predicted molar refractivity (Wildman–Crippen MR) is 163 cm³/mol. The summed E-state index contributed by atoms with van der Waals surface area (Å²) in [7, 11) is 2.59. The van der Waals surface area contributed by atoms with Gasteiger partial charge in [0.2, 0.25) is 0 Å². The summed E-state index contributed by atoms with van der Waals surface area (Å²) in [4.78, 5) is 9.54. The Labute approximate surface area is 242 Å². The zero-order chi connectivity index (χ0) is 30.9. The number of aryl methyl sites for hydroxylation is 1. The van der Waals surface area contributed by atoms with Crippen LogP contribution in [0.3, 0.4) is 0 Å². The van der Waals surface area contributed by atoms with Crippen LogP contribution in [-0.2, 0) is 14.9 Å². The average Bonchev–Trinajstić information content (AvgIpc) is 3.00. The van der Waals surface area contributed by atoms with Crippen LogP contribution in [0.2, 0.25) is 0 Å². The fourth-order valence-electron chi connectivity index (χ4n) is 4.19. The van der Waals surface area contributed by atoms with Gasteiger partial charge >= 0.3 is 5.97 Å². The summed E-state index contributed by atoms with van der Waals surface area (Å²) in [5, 5.41) is 27.7. The van der Waals surface area contributed by atoms with Crippen molar-refractivity contribution in [1.82, 2.24) is 5.32 Å². The first-order valence-corrected chi connectivity index (χ1v) is 13.7. The minimum atomic E-state index is -0.822. The van der Waals surface area contributed by atoms with Gasteiger partial charge in [-0.05, 0) is 68.5 Å². The van der Waals surface area contributed by atoms with Crippen LogP contribution < -0.4 is 10.1 Å². The summed E-state index contributed by atoms with van der Waals surface area (Å²) in [6.45, 7) is 15.4. The van der Waals surface area contributed by atoms with E-state index in [1.54, 1.807) is 7.05 Å². The first-order valence-electron chi connectivity index (χ1n) is 13.7. The molecule has 0 fully saturated rings. The molecule has 7 nitrogen and oxygen atoms in total. The lowest BCUT2D eigenvalue weighted by Crippen LogP contribution is -2.32. The molecule has 0 bridgehead atoms. The lowest BCUT2D eigenvalue weighted by atomic mass is 9.73. The molecule has 0 saturated carbocycles. The van der Waals surface area contributed by atoms with Gasteiger partial charge in [0.05, 0.1) is 24.0 Å². The van der Waals surface area contributed by atoms with Gasteiger partial charge < -0.3 is 30.1 Å². The quantitative estimate of drug-likeness (QED) is 0.301. The smallest absolute Gasteiger partial charge is 0.317 e. The summed E-state index contributed by atoms with van der Waals surface area (Å²) in [5.41, 5.74) is 2.88. The van der Waals surface area contributed by atoms with Crippen molar-refractivity contribution in [2.45, 2.75) is 72.8 Å². The first kappa shape index (κ1) is 37.0. The van der Waals surface area contributed by atoms with Crippen LogP contribution in [0, 0.1) is 30.6 Å². The van der Waals surface area contributed by atoms with Gasteiger partial charge in [0.25, 0.3) is 0 Å². The Kier molecular flexibility index (Phi) is 16.9. The number of carboxylic acids is 1. The number of aliphatic hydroxyl groups excluding tert-OH is 2. The Morgan fingerprint density at radius 1 is 1.20 bits per heavy atom. The molecule has 0 saturated heterocycles. The molecular weight excluding hydrogens is 506 g/mol. The standard InChI is InChI=1S/C29H40O3.C3H7NO2.CH4O/c1-9-23-17-21(4)13-12-16-31-27(19-23)29(10-2,11-3)24-14-15-25(22(5)18-24)32-20-26(30)28(6,7)8;1-4-2-3(5)6;1-2/h1,12-15,17-19,23,26,30H,10-11,16,20H2,2-8H3;4H,2H2,1H3,(H,5,6);2H,1H3/b13-12-,21-17-,27-19-;;. The average molecular weight is 558 g/mol. The van der Waals surface area contributed by atoms with E-state index in [-0.39, 0.29) is 29.9 Å². The van der Waals surface area contributed by atoms with Crippen LogP contribution in [0.15, 0.2) is 53.8 Å². The van der Waals surface area contributed by atoms with E-state index >= 15 is 0 Å². The number of carboxylic acid groups (broad SMARTS) is 1. The molecule has 1 aliphatic heterocycles. The van der Waals surface area contributed by atoms with Gasteiger partial charge in [-0.15, -0.1) is 6.42 Å². The topological polar surface area (TPSA) is 108 Å². The molecule has 7 heteroatoms. The van der Waals surface area contributed by atoms with Crippen LogP contribution in [0.4, 0.5) is 0 Å². The van der Waals surface area contributed by atoms with Crippen LogP contribution in [0.25, 0.3) is 0 Å². The molecule has 0 radical (unpaired) electrons. The van der Waals surface area contributed by atoms with E-state index in [2.05, 4.69) is 69.3 Å². The monoisotopic (exact) mass is 557 g/mol. The molecule has 2 atom stereocenters. The Bertz CT molecular complexity index is 1040. The van der Waals surface area contributed by atoms with Crippen molar-refractivity contribution >= 4 is 5.97 Å². The largest absolute Gasteiger partial charge is 0.493 e. The van der Waals surface area contributed by atoms with Gasteiger partial charge in [0.1, 0.15) is 24.7 Å². The van der Waals surface area contributed by atoms with E-state index in [9.17, 15) is 9.90 Å². The fraction of sp³-hybridized carbons (Fsp3) is 0.545. The normalized spacial score (nSPS) is 19.4. The third-order valence-corrected chi connectivity index (χ3v) is 6.81. The van der Waals surface area contributed by atoms with Gasteiger partial charge in [0, 0.05) is 7.11 Å². The number of hydrogen-bond acceptors (Lipinski definition) is 6. The van der Waals surface area contributed by atoms with Gasteiger partial charge in [0.15, 0.2) is 0 Å². The van der Waals surface area contributed by atoms with Crippen molar-refractivity contribution in [3.8, 4) is 18.1 Å². The molecular formula is C33H51NO6. The Balaban J connectivity index is 0.00000168. The minimum Gasteiger partial charge on any atom is -0.493 e. The number of likely N-dealkylation sites (N-methyl/N-ethyl adjacent to an activating group) is 1. The van der Waals surface area contributed by atoms with Gasteiger partial charge in [-0.25, -0.2) is 0 Å². The molecule has 1 aromatic carbocycles. The Morgan fingerprint density at radius 3 is 2.27 bits per heavy atom. The number of carbonyl (C=O) groups is 1. The number of aliphatic hydroxyl groups is 2. The Morgan fingerprint density at radius 2 is 1.82 bits per heavy atom. The van der Waals surface area contributed by atoms with Crippen molar-refractivity contribution in [3.05, 3.63) is 65.0 Å². The van der Waals surface area contributed by atoms with Crippen molar-refractivity contribution in [1.29, 1.82) is 0 Å². The molecule has 0 aromatic heterocycles. The number of aliphatic carboxylic acids is 1. The van der Waals surface area contributed by atoms with E-state index in [1.807, 2.05) is 32.9 Å². The second-order valence-electron chi connectivity index (χ2n) is 10.7. The lowest BCUT2D eigenvalue weighted by Gasteiger charge is -2.35. The molecule has 2 unspecified atom stereocenters. The van der Waals surface area contributed by atoms with Crippen LogP contribution in [0.1, 0.15) is 65.5 Å². The van der Waals surface area contributed by atoms with Gasteiger partial charge in [-0.2, -0.15) is 0 Å². The summed E-state index contributed by atoms with van der Waals surface area (Å²) >= 11 is 0. The van der Waals surface area contributed by atoms with E-state index in [0.717, 1.165) is 42.6 Å². The van der Waals surface area contributed by atoms with Crippen LogP contribution in [-0.4, -0.2) is 61.3 Å². The number of hydrogen-bond donors (Lipinski definition) is 4. The number of terminal acetylenes is 1. The first-order chi connectivity index (χ1) is 18.8. The third-order valence-electron chi connectivity index (χ3n) is 6.81.